The molecule has 0 amide bonds. The van der Waals surface area contributed by atoms with E-state index in [9.17, 15) is 0 Å². The summed E-state index contributed by atoms with van der Waals surface area (Å²) in [5, 5.41) is 5.65. The molecular formula is C14H8S4Se. The maximum atomic E-state index is 2.28. The van der Waals surface area contributed by atoms with Crippen LogP contribution in [0.3, 0.4) is 0 Å². The summed E-state index contributed by atoms with van der Waals surface area (Å²) < 4.78 is 1.56. The van der Waals surface area contributed by atoms with Crippen molar-refractivity contribution in [3.8, 4) is 0 Å². The van der Waals surface area contributed by atoms with Crippen molar-refractivity contribution in [2.24, 2.45) is 0 Å². The van der Waals surface area contributed by atoms with Crippen LogP contribution in [-0.4, -0.2) is 13.8 Å². The monoisotopic (exact) mass is 384 g/mol. The van der Waals surface area contributed by atoms with E-state index in [0.29, 0.717) is 13.8 Å². The molecule has 0 unspecified atom stereocenters. The number of hydrogen-bond acceptors (Lipinski definition) is 4. The van der Waals surface area contributed by atoms with Gasteiger partial charge in [0.1, 0.15) is 0 Å². The van der Waals surface area contributed by atoms with E-state index in [2.05, 4.69) is 48.5 Å². The van der Waals surface area contributed by atoms with E-state index in [-0.39, 0.29) is 0 Å². The van der Waals surface area contributed by atoms with Gasteiger partial charge in [0.15, 0.2) is 0 Å². The van der Waals surface area contributed by atoms with Gasteiger partial charge in [-0.15, -0.1) is 0 Å². The van der Waals surface area contributed by atoms with E-state index in [1.54, 1.807) is 4.46 Å². The van der Waals surface area contributed by atoms with Gasteiger partial charge in [0.25, 0.3) is 0 Å². The second-order valence-corrected chi connectivity index (χ2v) is 13.9. The van der Waals surface area contributed by atoms with Gasteiger partial charge in [-0.05, 0) is 0 Å². The maximum absolute atomic E-state index is 2.28. The van der Waals surface area contributed by atoms with Gasteiger partial charge in [-0.25, -0.2) is 0 Å². The molecule has 1 heterocycles. The molecule has 1 aliphatic rings. The molecule has 94 valence electrons. The third-order valence-electron chi connectivity index (χ3n) is 3.13. The summed E-state index contributed by atoms with van der Waals surface area (Å²) in [6.07, 6.45) is 0. The molecule has 0 aliphatic carbocycles. The fourth-order valence-electron chi connectivity index (χ4n) is 2.35. The molecule has 3 aromatic rings. The second-order valence-electron chi connectivity index (χ2n) is 4.12. The molecule has 1 aliphatic heterocycles. The SMILES string of the molecule is c1ccc2c(c1)c1c(c3ccccc32)[Se]SSSS1. The first-order chi connectivity index (χ1) is 9.45. The summed E-state index contributed by atoms with van der Waals surface area (Å²) in [5.41, 5.74) is 0. The van der Waals surface area contributed by atoms with Crippen molar-refractivity contribution in [3.05, 3.63) is 48.5 Å². The molecule has 0 saturated heterocycles. The molecule has 0 saturated carbocycles. The predicted molar refractivity (Wildman–Crippen MR) is 95.5 cm³/mol. The Kier molecular flexibility index (Phi) is 3.69. The molecule has 0 fully saturated rings. The van der Waals surface area contributed by atoms with Crippen molar-refractivity contribution in [3.63, 3.8) is 0 Å². The molecule has 0 bridgehead atoms. The molecule has 0 nitrogen and oxygen atoms in total. The zero-order valence-corrected chi connectivity index (χ0v) is 14.6. The second kappa shape index (κ2) is 5.47. The van der Waals surface area contributed by atoms with Crippen LogP contribution in [0, 0.1) is 0 Å². The summed E-state index contributed by atoms with van der Waals surface area (Å²) in [4.78, 5) is 1.48. The topological polar surface area (TPSA) is 0 Å². The van der Waals surface area contributed by atoms with Gasteiger partial charge in [-0.3, -0.25) is 0 Å². The van der Waals surface area contributed by atoms with Crippen molar-refractivity contribution in [2.45, 2.75) is 4.90 Å². The van der Waals surface area contributed by atoms with Crippen LogP contribution in [0.25, 0.3) is 21.5 Å². The number of hydrogen-bond donors (Lipinski definition) is 0. The van der Waals surface area contributed by atoms with Crippen LogP contribution in [-0.2, 0) is 0 Å². The van der Waals surface area contributed by atoms with Crippen LogP contribution in [0.5, 0.6) is 0 Å². The minimum atomic E-state index is 0.486. The predicted octanol–water partition coefficient (Wildman–Crippen LogP) is 5.29. The van der Waals surface area contributed by atoms with Crippen molar-refractivity contribution >= 4 is 79.5 Å². The van der Waals surface area contributed by atoms with E-state index in [1.165, 1.54) is 26.4 Å². The van der Waals surface area contributed by atoms with Gasteiger partial charge in [-0.1, -0.05) is 0 Å². The Morgan fingerprint density at radius 3 is 2.11 bits per heavy atom. The molecule has 0 spiro atoms. The van der Waals surface area contributed by atoms with Crippen molar-refractivity contribution < 1.29 is 0 Å². The summed E-state index contributed by atoms with van der Waals surface area (Å²) >= 11 is 0.486. The Morgan fingerprint density at radius 1 is 0.684 bits per heavy atom. The normalized spacial score (nSPS) is 15.4. The fraction of sp³-hybridized carbons (Fsp3) is 0. The van der Waals surface area contributed by atoms with E-state index >= 15 is 0 Å². The summed E-state index contributed by atoms with van der Waals surface area (Å²) in [6, 6.07) is 17.7. The van der Waals surface area contributed by atoms with Crippen LogP contribution in [0.4, 0.5) is 0 Å². The summed E-state index contributed by atoms with van der Waals surface area (Å²) in [7, 11) is 7.74. The number of rotatable bonds is 0. The van der Waals surface area contributed by atoms with E-state index in [4.69, 9.17) is 0 Å². The average Bonchev–Trinajstić information content (AvgIpc) is 2.73. The molecule has 19 heavy (non-hydrogen) atoms. The Labute approximate surface area is 132 Å². The van der Waals surface area contributed by atoms with Gasteiger partial charge < -0.3 is 0 Å². The van der Waals surface area contributed by atoms with Crippen LogP contribution in [0.2, 0.25) is 0 Å². The van der Waals surface area contributed by atoms with E-state index in [1.807, 2.05) is 39.7 Å². The van der Waals surface area contributed by atoms with Crippen molar-refractivity contribution in [2.75, 3.05) is 0 Å². The third-order valence-corrected chi connectivity index (χ3v) is 15.2. The van der Waals surface area contributed by atoms with Crippen molar-refractivity contribution in [1.82, 2.24) is 0 Å². The molecule has 0 N–H and O–H groups in total. The minimum absolute atomic E-state index is 0.486. The first kappa shape index (κ1) is 12.8. The molecule has 4 rings (SSSR count). The zero-order valence-electron chi connectivity index (χ0n) is 9.66. The Morgan fingerprint density at radius 2 is 1.32 bits per heavy atom. The van der Waals surface area contributed by atoms with Crippen LogP contribution in [0.15, 0.2) is 53.4 Å². The standard InChI is InChI=1S/C14H8S4Se/c1-3-7-11-9(5-1)10-6-2-4-8-12(10)14-13(11)15-16-17-18-19-14/h1-8H. The van der Waals surface area contributed by atoms with Gasteiger partial charge >= 0.3 is 133 Å². The zero-order chi connectivity index (χ0) is 12.7. The van der Waals surface area contributed by atoms with Crippen LogP contribution < -0.4 is 4.46 Å². The average molecular weight is 383 g/mol. The molecular weight excluding hydrogens is 375 g/mol. The fourth-order valence-corrected chi connectivity index (χ4v) is 16.5. The molecule has 0 atom stereocenters. The molecule has 0 aromatic heterocycles. The molecule has 3 aromatic carbocycles. The Bertz CT molecular complexity index is 707. The van der Waals surface area contributed by atoms with Gasteiger partial charge in [0, 0.05) is 0 Å². The van der Waals surface area contributed by atoms with Crippen LogP contribution in [0.1, 0.15) is 0 Å². The molecule has 0 radical (unpaired) electrons. The Balaban J connectivity index is 2.22. The number of fused-ring (bicyclic) bond motifs is 6. The van der Waals surface area contributed by atoms with E-state index in [0.717, 1.165) is 0 Å². The number of benzene rings is 3. The molecule has 5 heteroatoms. The quantitative estimate of drug-likeness (QED) is 0.294. The van der Waals surface area contributed by atoms with Crippen molar-refractivity contribution in [1.29, 1.82) is 0 Å². The Hall–Kier alpha value is 0.0995. The summed E-state index contributed by atoms with van der Waals surface area (Å²) in [6.45, 7) is 0. The van der Waals surface area contributed by atoms with E-state index < -0.39 is 0 Å². The summed E-state index contributed by atoms with van der Waals surface area (Å²) in [5.74, 6) is 0. The third kappa shape index (κ3) is 2.21. The van der Waals surface area contributed by atoms with Gasteiger partial charge in [-0.2, -0.15) is 0 Å². The first-order valence-corrected chi connectivity index (χ1v) is 13.4. The first-order valence-electron chi connectivity index (χ1n) is 5.73. The van der Waals surface area contributed by atoms with Gasteiger partial charge in [0.05, 0.1) is 0 Å². The van der Waals surface area contributed by atoms with Crippen LogP contribution >= 0.6 is 39.7 Å². The van der Waals surface area contributed by atoms with Gasteiger partial charge in [0.2, 0.25) is 0 Å².